The Morgan fingerprint density at radius 3 is 2.81 bits per heavy atom. The van der Waals surface area contributed by atoms with Crippen molar-refractivity contribution >= 4 is 39.8 Å². The van der Waals surface area contributed by atoms with Crippen LogP contribution in [0.5, 0.6) is 5.75 Å². The third kappa shape index (κ3) is 4.36. The number of halogens is 2. The first-order chi connectivity index (χ1) is 12.8. The lowest BCUT2D eigenvalue weighted by Crippen LogP contribution is -2.30. The molecule has 0 saturated heterocycles. The molecule has 0 unspecified atom stereocenters. The molecular formula is C17H13Cl2N3O5. The Bertz CT molecular complexity index is 1070. The second-order valence-corrected chi connectivity index (χ2v) is 6.55. The van der Waals surface area contributed by atoms with Crippen molar-refractivity contribution < 1.29 is 14.8 Å². The van der Waals surface area contributed by atoms with Gasteiger partial charge >= 0.3 is 0 Å². The third-order valence-electron chi connectivity index (χ3n) is 3.72. The number of fused-ring (bicyclic) bond motifs is 1. The summed E-state index contributed by atoms with van der Waals surface area (Å²) in [6.07, 6.45) is 0.233. The fourth-order valence-electron chi connectivity index (χ4n) is 2.48. The number of aliphatic hydroxyl groups is 1. The molecule has 0 fully saturated rings. The molecule has 0 aliphatic carbocycles. The normalized spacial score (nSPS) is 12.1. The first-order valence-electron chi connectivity index (χ1n) is 7.74. The van der Waals surface area contributed by atoms with Gasteiger partial charge in [0.15, 0.2) is 0 Å². The van der Waals surface area contributed by atoms with Crippen LogP contribution in [-0.2, 0) is 6.54 Å². The van der Waals surface area contributed by atoms with Crippen molar-refractivity contribution in [2.45, 2.75) is 12.6 Å². The molecule has 1 atom stereocenters. The minimum Gasteiger partial charge on any atom is -0.491 e. The molecule has 8 nitrogen and oxygen atoms in total. The molecule has 0 spiro atoms. The molecule has 0 radical (unpaired) electrons. The van der Waals surface area contributed by atoms with E-state index in [-0.39, 0.29) is 35.0 Å². The second-order valence-electron chi connectivity index (χ2n) is 5.71. The average molecular weight is 410 g/mol. The summed E-state index contributed by atoms with van der Waals surface area (Å²) in [5, 5.41) is 21.7. The van der Waals surface area contributed by atoms with E-state index in [9.17, 15) is 20.0 Å². The quantitative estimate of drug-likeness (QED) is 0.495. The molecule has 1 N–H and O–H groups in total. The van der Waals surface area contributed by atoms with Gasteiger partial charge in [0, 0.05) is 11.1 Å². The molecule has 1 heterocycles. The first kappa shape index (κ1) is 19.1. The Balaban J connectivity index is 1.73. The van der Waals surface area contributed by atoms with Crippen LogP contribution in [0.2, 0.25) is 10.0 Å². The molecule has 3 aromatic rings. The van der Waals surface area contributed by atoms with E-state index >= 15 is 0 Å². The molecule has 0 saturated carbocycles. The van der Waals surface area contributed by atoms with Crippen LogP contribution in [0.25, 0.3) is 10.9 Å². The smallest absolute Gasteiger partial charge is 0.273 e. The van der Waals surface area contributed by atoms with Crippen molar-refractivity contribution in [1.29, 1.82) is 0 Å². The summed E-state index contributed by atoms with van der Waals surface area (Å²) in [7, 11) is 0. The van der Waals surface area contributed by atoms with Gasteiger partial charge in [0.05, 0.1) is 39.8 Å². The van der Waals surface area contributed by atoms with Crippen molar-refractivity contribution in [3.05, 3.63) is 73.2 Å². The van der Waals surface area contributed by atoms with E-state index in [4.69, 9.17) is 27.9 Å². The van der Waals surface area contributed by atoms with Gasteiger partial charge in [0.25, 0.3) is 11.2 Å². The van der Waals surface area contributed by atoms with Gasteiger partial charge in [0.1, 0.15) is 18.5 Å². The van der Waals surface area contributed by atoms with Gasteiger partial charge in [-0.25, -0.2) is 4.98 Å². The zero-order valence-electron chi connectivity index (χ0n) is 13.7. The zero-order valence-corrected chi connectivity index (χ0v) is 15.2. The Hall–Kier alpha value is -2.68. The first-order valence-corrected chi connectivity index (χ1v) is 8.50. The number of hydrogen-bond acceptors (Lipinski definition) is 6. The van der Waals surface area contributed by atoms with Crippen LogP contribution < -0.4 is 10.3 Å². The number of rotatable bonds is 6. The number of ether oxygens (including phenoxy) is 1. The number of benzene rings is 2. The summed E-state index contributed by atoms with van der Waals surface area (Å²) in [4.78, 5) is 26.9. The second kappa shape index (κ2) is 7.91. The summed E-state index contributed by atoms with van der Waals surface area (Å²) in [5.41, 5.74) is -0.200. The highest BCUT2D eigenvalue weighted by Crippen LogP contribution is 2.24. The number of aliphatic hydroxyl groups excluding tert-OH is 1. The van der Waals surface area contributed by atoms with Gasteiger partial charge in [-0.2, -0.15) is 0 Å². The lowest BCUT2D eigenvalue weighted by atomic mass is 10.2. The lowest BCUT2D eigenvalue weighted by molar-refractivity contribution is -0.384. The number of nitro groups is 1. The van der Waals surface area contributed by atoms with Crippen molar-refractivity contribution in [3.8, 4) is 5.75 Å². The fraction of sp³-hybridized carbons (Fsp3) is 0.176. The lowest BCUT2D eigenvalue weighted by Gasteiger charge is -2.14. The van der Waals surface area contributed by atoms with Crippen LogP contribution in [0.4, 0.5) is 5.69 Å². The summed E-state index contributed by atoms with van der Waals surface area (Å²) < 4.78 is 6.58. The van der Waals surface area contributed by atoms with Crippen molar-refractivity contribution in [3.63, 3.8) is 0 Å². The van der Waals surface area contributed by atoms with Crippen LogP contribution in [0.1, 0.15) is 0 Å². The Labute approximate surface area is 162 Å². The summed E-state index contributed by atoms with van der Waals surface area (Å²) in [5.74, 6) is 0.241. The van der Waals surface area contributed by atoms with E-state index in [2.05, 4.69) is 4.98 Å². The maximum absolute atomic E-state index is 12.5. The van der Waals surface area contributed by atoms with E-state index < -0.39 is 16.6 Å². The van der Waals surface area contributed by atoms with Crippen LogP contribution in [-0.4, -0.2) is 32.3 Å². The minimum absolute atomic E-state index is 0.0825. The van der Waals surface area contributed by atoms with E-state index in [1.807, 2.05) is 0 Å². The van der Waals surface area contributed by atoms with Gasteiger partial charge in [-0.15, -0.1) is 0 Å². The summed E-state index contributed by atoms with van der Waals surface area (Å²) in [6.45, 7) is -0.247. The van der Waals surface area contributed by atoms with Gasteiger partial charge in [0.2, 0.25) is 0 Å². The van der Waals surface area contributed by atoms with Crippen LogP contribution >= 0.6 is 23.2 Å². The highest BCUT2D eigenvalue weighted by atomic mass is 35.5. The Morgan fingerprint density at radius 1 is 1.30 bits per heavy atom. The molecule has 1 aromatic heterocycles. The number of aromatic nitrogens is 2. The number of nitrogens with zero attached hydrogens (tertiary/aromatic N) is 3. The summed E-state index contributed by atoms with van der Waals surface area (Å²) in [6, 6.07) is 8.55. The molecule has 2 aromatic carbocycles. The highest BCUT2D eigenvalue weighted by molar-refractivity contribution is 6.38. The number of nitro benzene ring substituents is 1. The molecule has 3 rings (SSSR count). The maximum Gasteiger partial charge on any atom is 0.273 e. The highest BCUT2D eigenvalue weighted by Gasteiger charge is 2.13. The Kier molecular flexibility index (Phi) is 5.59. The molecule has 27 heavy (non-hydrogen) atoms. The predicted molar refractivity (Wildman–Crippen MR) is 101 cm³/mol. The molecule has 10 heteroatoms. The maximum atomic E-state index is 12.5. The van der Waals surface area contributed by atoms with Crippen LogP contribution in [0.3, 0.4) is 0 Å². The molecule has 140 valence electrons. The Morgan fingerprint density at radius 2 is 2.07 bits per heavy atom. The van der Waals surface area contributed by atoms with Crippen molar-refractivity contribution in [2.24, 2.45) is 0 Å². The minimum atomic E-state index is -1.05. The van der Waals surface area contributed by atoms with E-state index in [1.54, 1.807) is 0 Å². The van der Waals surface area contributed by atoms with Crippen LogP contribution in [0.15, 0.2) is 47.5 Å². The zero-order chi connectivity index (χ0) is 19.6. The third-order valence-corrected chi connectivity index (χ3v) is 4.23. The van der Waals surface area contributed by atoms with Crippen molar-refractivity contribution in [1.82, 2.24) is 9.55 Å². The molecular weight excluding hydrogens is 397 g/mol. The topological polar surface area (TPSA) is 107 Å². The van der Waals surface area contributed by atoms with Gasteiger partial charge in [-0.05, 0) is 18.2 Å². The number of non-ortho nitro benzene ring substituents is 1. The molecule has 0 amide bonds. The van der Waals surface area contributed by atoms with E-state index in [1.165, 1.54) is 47.3 Å². The van der Waals surface area contributed by atoms with E-state index in [0.29, 0.717) is 10.5 Å². The molecule has 0 bridgehead atoms. The molecule has 0 aliphatic heterocycles. The van der Waals surface area contributed by atoms with Crippen LogP contribution in [0, 0.1) is 10.1 Å². The van der Waals surface area contributed by atoms with Gasteiger partial charge in [-0.3, -0.25) is 19.5 Å². The number of hydrogen-bond donors (Lipinski definition) is 1. The van der Waals surface area contributed by atoms with Gasteiger partial charge in [-0.1, -0.05) is 29.3 Å². The van der Waals surface area contributed by atoms with Gasteiger partial charge < -0.3 is 9.84 Å². The van der Waals surface area contributed by atoms with E-state index in [0.717, 1.165) is 0 Å². The molecule has 0 aliphatic rings. The van der Waals surface area contributed by atoms with Crippen molar-refractivity contribution in [2.75, 3.05) is 6.61 Å². The predicted octanol–water partition coefficient (Wildman–Crippen LogP) is 3.05. The standard InChI is InChI=1S/C17H13Cl2N3O5/c18-10-4-14-16(15(19)5-10)20-9-21(17(14)24)7-12(23)8-27-13-3-1-2-11(6-13)22(25)26/h1-6,9,12,23H,7-8H2/t12-/m1/s1. The largest absolute Gasteiger partial charge is 0.491 e. The SMILES string of the molecule is O=c1c2cc(Cl)cc(Cl)c2ncn1C[C@@H](O)COc1cccc([N+](=O)[O-])c1. The monoisotopic (exact) mass is 409 g/mol. The fourth-order valence-corrected chi connectivity index (χ4v) is 3.03. The summed E-state index contributed by atoms with van der Waals surface area (Å²) >= 11 is 12.0. The average Bonchev–Trinajstić information content (AvgIpc) is 2.63.